The number of alkyl halides is 3. The first-order chi connectivity index (χ1) is 16.6. The molecule has 0 saturated heterocycles. The number of hydrogen-bond acceptors (Lipinski definition) is 6. The van der Waals surface area contributed by atoms with Gasteiger partial charge in [-0.05, 0) is 42.0 Å². The molecular formula is C23H15F3N4O5. The van der Waals surface area contributed by atoms with Gasteiger partial charge < -0.3 is 0 Å². The molecule has 0 atom stereocenters. The molecule has 0 fully saturated rings. The van der Waals surface area contributed by atoms with E-state index in [0.717, 1.165) is 11.0 Å². The summed E-state index contributed by atoms with van der Waals surface area (Å²) in [5.41, 5.74) is 3.38. The fourth-order valence-corrected chi connectivity index (χ4v) is 3.49. The number of benzene rings is 3. The monoisotopic (exact) mass is 484 g/mol. The van der Waals surface area contributed by atoms with Gasteiger partial charge in [0.05, 0.1) is 28.2 Å². The van der Waals surface area contributed by atoms with Gasteiger partial charge in [-0.3, -0.25) is 40.2 Å². The van der Waals surface area contributed by atoms with Crippen LogP contribution in [0.25, 0.3) is 0 Å². The van der Waals surface area contributed by atoms with Crippen molar-refractivity contribution in [2.45, 2.75) is 12.7 Å². The molecule has 9 nitrogen and oxygen atoms in total. The number of hydrazine groups is 1. The van der Waals surface area contributed by atoms with E-state index in [1.807, 2.05) is 0 Å². The van der Waals surface area contributed by atoms with Gasteiger partial charge in [0, 0.05) is 11.6 Å². The summed E-state index contributed by atoms with van der Waals surface area (Å²) in [5.74, 6) is -1.56. The largest absolute Gasteiger partial charge is 0.416 e. The van der Waals surface area contributed by atoms with Crippen molar-refractivity contribution in [2.24, 2.45) is 0 Å². The zero-order chi connectivity index (χ0) is 25.3. The quantitative estimate of drug-likeness (QED) is 0.308. The third-order valence-corrected chi connectivity index (χ3v) is 5.27. The smallest absolute Gasteiger partial charge is 0.292 e. The minimum Gasteiger partial charge on any atom is -0.292 e. The van der Waals surface area contributed by atoms with Crippen LogP contribution in [0, 0.1) is 10.1 Å². The molecule has 0 saturated carbocycles. The maximum absolute atomic E-state index is 12.8. The van der Waals surface area contributed by atoms with E-state index in [9.17, 15) is 37.7 Å². The van der Waals surface area contributed by atoms with E-state index < -0.39 is 40.1 Å². The van der Waals surface area contributed by atoms with Gasteiger partial charge in [-0.2, -0.15) is 13.2 Å². The molecule has 178 valence electrons. The first-order valence-electron chi connectivity index (χ1n) is 10.0. The number of anilines is 1. The van der Waals surface area contributed by atoms with Crippen LogP contribution in [0.4, 0.5) is 24.5 Å². The van der Waals surface area contributed by atoms with Crippen LogP contribution in [0.2, 0.25) is 0 Å². The molecule has 0 bridgehead atoms. The zero-order valence-electron chi connectivity index (χ0n) is 17.6. The van der Waals surface area contributed by atoms with E-state index in [0.29, 0.717) is 28.8 Å². The second-order valence-corrected chi connectivity index (χ2v) is 7.50. The van der Waals surface area contributed by atoms with E-state index in [4.69, 9.17) is 0 Å². The lowest BCUT2D eigenvalue weighted by atomic mass is 10.1. The first-order valence-corrected chi connectivity index (χ1v) is 10.0. The van der Waals surface area contributed by atoms with E-state index in [1.54, 1.807) is 24.3 Å². The zero-order valence-corrected chi connectivity index (χ0v) is 17.6. The van der Waals surface area contributed by atoms with Crippen molar-refractivity contribution in [3.8, 4) is 0 Å². The summed E-state index contributed by atoms with van der Waals surface area (Å²) in [6, 6.07) is 14.2. The molecule has 3 aromatic carbocycles. The van der Waals surface area contributed by atoms with Crippen molar-refractivity contribution in [3.05, 3.63) is 105 Å². The number of nitro groups is 1. The summed E-state index contributed by atoms with van der Waals surface area (Å²) in [6.45, 7) is -0.00968. The molecule has 0 aromatic heterocycles. The molecule has 1 heterocycles. The number of halogens is 3. The Bertz CT molecular complexity index is 1320. The summed E-state index contributed by atoms with van der Waals surface area (Å²) >= 11 is 0. The van der Waals surface area contributed by atoms with Gasteiger partial charge >= 0.3 is 6.18 Å². The van der Waals surface area contributed by atoms with Gasteiger partial charge in [-0.15, -0.1) is 0 Å². The first kappa shape index (κ1) is 23.4. The van der Waals surface area contributed by atoms with Gasteiger partial charge in [-0.25, -0.2) is 0 Å². The number of carbonyl (C=O) groups excluding carboxylic acids is 3. The van der Waals surface area contributed by atoms with E-state index >= 15 is 0 Å². The third-order valence-electron chi connectivity index (χ3n) is 5.27. The summed E-state index contributed by atoms with van der Waals surface area (Å²) in [6.07, 6.45) is -4.76. The number of nitro benzene ring substituents is 1. The Morgan fingerprint density at radius 3 is 2.09 bits per heavy atom. The number of hydrogen-bond donors (Lipinski definition) is 2. The maximum atomic E-state index is 12.8. The molecule has 0 radical (unpaired) electrons. The van der Waals surface area contributed by atoms with Crippen LogP contribution in [-0.2, 0) is 12.7 Å². The predicted molar refractivity (Wildman–Crippen MR) is 116 cm³/mol. The number of nitrogens with zero attached hydrogens (tertiary/aromatic N) is 2. The Labute approximate surface area is 195 Å². The molecule has 2 N–H and O–H groups in total. The van der Waals surface area contributed by atoms with Gasteiger partial charge in [0.2, 0.25) is 0 Å². The third kappa shape index (κ3) is 4.67. The highest BCUT2D eigenvalue weighted by molar-refractivity contribution is 6.21. The fourth-order valence-electron chi connectivity index (χ4n) is 3.49. The fraction of sp³-hybridized carbons (Fsp3) is 0.0870. The molecule has 3 amide bonds. The van der Waals surface area contributed by atoms with Crippen LogP contribution in [0.15, 0.2) is 66.7 Å². The number of carbonyl (C=O) groups is 3. The van der Waals surface area contributed by atoms with Crippen molar-refractivity contribution in [1.82, 2.24) is 10.3 Å². The minimum absolute atomic E-state index is 0.00968. The highest BCUT2D eigenvalue weighted by Crippen LogP contribution is 2.34. The molecule has 12 heteroatoms. The van der Waals surface area contributed by atoms with Crippen LogP contribution < -0.4 is 10.9 Å². The number of imide groups is 1. The lowest BCUT2D eigenvalue weighted by molar-refractivity contribution is -0.384. The lowest BCUT2D eigenvalue weighted by Gasteiger charge is -2.14. The summed E-state index contributed by atoms with van der Waals surface area (Å²) in [5, 5.41) is 11.1. The predicted octanol–water partition coefficient (Wildman–Crippen LogP) is 4.17. The number of rotatable bonds is 6. The van der Waals surface area contributed by atoms with Gasteiger partial charge in [0.25, 0.3) is 23.4 Å². The van der Waals surface area contributed by atoms with Crippen LogP contribution >= 0.6 is 0 Å². The maximum Gasteiger partial charge on any atom is 0.416 e. The lowest BCUT2D eigenvalue weighted by Crippen LogP contribution is -2.30. The Morgan fingerprint density at radius 1 is 0.943 bits per heavy atom. The van der Waals surface area contributed by atoms with Crippen molar-refractivity contribution in [3.63, 3.8) is 0 Å². The molecule has 0 spiro atoms. The van der Waals surface area contributed by atoms with E-state index in [-0.39, 0.29) is 17.8 Å². The molecule has 35 heavy (non-hydrogen) atoms. The molecule has 3 aromatic rings. The second kappa shape index (κ2) is 8.89. The van der Waals surface area contributed by atoms with Gasteiger partial charge in [0.15, 0.2) is 0 Å². The average molecular weight is 484 g/mol. The Kier molecular flexibility index (Phi) is 5.95. The van der Waals surface area contributed by atoms with Crippen LogP contribution in [0.3, 0.4) is 0 Å². The summed E-state index contributed by atoms with van der Waals surface area (Å²) < 4.78 is 38.5. The molecule has 0 unspecified atom stereocenters. The normalized spacial score (nSPS) is 12.9. The van der Waals surface area contributed by atoms with Crippen LogP contribution in [0.1, 0.15) is 42.2 Å². The Hall–Kier alpha value is -4.74. The van der Waals surface area contributed by atoms with Crippen LogP contribution in [0.5, 0.6) is 0 Å². The van der Waals surface area contributed by atoms with Gasteiger partial charge in [-0.1, -0.05) is 24.3 Å². The van der Waals surface area contributed by atoms with Crippen molar-refractivity contribution >= 4 is 29.1 Å². The second-order valence-electron chi connectivity index (χ2n) is 7.50. The van der Waals surface area contributed by atoms with Crippen molar-refractivity contribution < 1.29 is 32.5 Å². The summed E-state index contributed by atoms with van der Waals surface area (Å²) in [7, 11) is 0. The van der Waals surface area contributed by atoms with Gasteiger partial charge in [0.1, 0.15) is 5.69 Å². The number of nitrogens with one attached hydrogen (secondary N) is 2. The van der Waals surface area contributed by atoms with Crippen LogP contribution in [-0.4, -0.2) is 27.5 Å². The van der Waals surface area contributed by atoms with Crippen molar-refractivity contribution in [2.75, 3.05) is 5.43 Å². The van der Waals surface area contributed by atoms with E-state index in [1.165, 1.54) is 24.3 Å². The molecule has 1 aliphatic rings. The number of amides is 3. The molecule has 0 aliphatic carbocycles. The standard InChI is InChI=1S/C23H15F3N4O5/c24-23(25,26)15-9-10-18(19(11-15)30(34)35)27-28-20(31)14-7-5-13(6-8-14)12-29-21(32)16-3-1-2-4-17(16)22(29)33/h1-11,27H,12H2,(H,28,31). The highest BCUT2D eigenvalue weighted by Gasteiger charge is 2.35. The molecule has 1 aliphatic heterocycles. The molecule has 4 rings (SSSR count). The Balaban J connectivity index is 1.42. The Morgan fingerprint density at radius 2 is 1.54 bits per heavy atom. The number of fused-ring (bicyclic) bond motifs is 1. The summed E-state index contributed by atoms with van der Waals surface area (Å²) in [4.78, 5) is 48.6. The molecular weight excluding hydrogens is 469 g/mol. The highest BCUT2D eigenvalue weighted by atomic mass is 19.4. The van der Waals surface area contributed by atoms with Crippen molar-refractivity contribution in [1.29, 1.82) is 0 Å². The minimum atomic E-state index is -4.76. The SMILES string of the molecule is O=C(NNc1ccc(C(F)(F)F)cc1[N+](=O)[O-])c1ccc(CN2C(=O)c3ccccc3C2=O)cc1. The van der Waals surface area contributed by atoms with E-state index in [2.05, 4.69) is 10.9 Å². The topological polar surface area (TPSA) is 122 Å². The average Bonchev–Trinajstić information content (AvgIpc) is 3.07.